The topological polar surface area (TPSA) is 46.5 Å². The Bertz CT molecular complexity index is 363. The maximum absolute atomic E-state index is 13.1. The van der Waals surface area contributed by atoms with E-state index < -0.39 is 5.82 Å². The van der Waals surface area contributed by atoms with Crippen LogP contribution in [0, 0.1) is 5.82 Å². The van der Waals surface area contributed by atoms with Gasteiger partial charge < -0.3 is 14.6 Å². The number of phenols is 1. The first-order valence-electron chi connectivity index (χ1n) is 4.60. The highest BCUT2D eigenvalue weighted by Gasteiger charge is 2.15. The molecule has 0 amide bonds. The third-order valence-corrected chi connectivity index (χ3v) is 2.27. The highest BCUT2D eigenvalue weighted by molar-refractivity contribution is 5.54. The molecule has 1 aromatic rings. The van der Waals surface area contributed by atoms with Crippen molar-refractivity contribution in [1.82, 2.24) is 0 Å². The molecule has 3 nitrogen and oxygen atoms in total. The molecule has 0 spiro atoms. The Morgan fingerprint density at radius 2 is 2.27 bits per heavy atom. The van der Waals surface area contributed by atoms with Gasteiger partial charge in [0.15, 0.2) is 11.5 Å². The Kier molecular flexibility index (Phi) is 3.66. The molecule has 0 radical (unpaired) electrons. The van der Waals surface area contributed by atoms with Gasteiger partial charge in [-0.2, -0.15) is 0 Å². The van der Waals surface area contributed by atoms with Gasteiger partial charge in [0.2, 0.25) is 0 Å². The zero-order valence-electron chi connectivity index (χ0n) is 8.66. The number of hydrogen-bond acceptors (Lipinski definition) is 3. The number of carbonyl (C=O) groups excluding carboxylic acids is 1. The van der Waals surface area contributed by atoms with Crippen molar-refractivity contribution in [1.29, 1.82) is 0 Å². The lowest BCUT2D eigenvalue weighted by atomic mass is 9.97. The number of methoxy groups -OCH3 is 1. The molecule has 4 heteroatoms. The quantitative estimate of drug-likeness (QED) is 0.778. The van der Waals surface area contributed by atoms with Gasteiger partial charge in [0.05, 0.1) is 7.11 Å². The molecular formula is C11H13FO3. The first kappa shape index (κ1) is 11.5. The van der Waals surface area contributed by atoms with Crippen LogP contribution in [0.1, 0.15) is 24.8 Å². The zero-order valence-corrected chi connectivity index (χ0v) is 8.66. The molecule has 0 bridgehead atoms. The Hall–Kier alpha value is -1.58. The van der Waals surface area contributed by atoms with Gasteiger partial charge in [-0.1, -0.05) is 6.92 Å². The average molecular weight is 212 g/mol. The van der Waals surface area contributed by atoms with Crippen molar-refractivity contribution >= 4 is 6.29 Å². The summed E-state index contributed by atoms with van der Waals surface area (Å²) in [4.78, 5) is 10.3. The minimum absolute atomic E-state index is 0.0859. The Morgan fingerprint density at radius 1 is 1.60 bits per heavy atom. The summed E-state index contributed by atoms with van der Waals surface area (Å²) in [5.41, 5.74) is 0.388. The molecule has 15 heavy (non-hydrogen) atoms. The lowest BCUT2D eigenvalue weighted by Gasteiger charge is -2.13. The van der Waals surface area contributed by atoms with Gasteiger partial charge in [0.1, 0.15) is 12.1 Å². The number of rotatable bonds is 4. The summed E-state index contributed by atoms with van der Waals surface area (Å²) >= 11 is 0. The fraction of sp³-hybridized carbons (Fsp3) is 0.364. The fourth-order valence-electron chi connectivity index (χ4n) is 1.40. The van der Waals surface area contributed by atoms with E-state index in [-0.39, 0.29) is 23.8 Å². The predicted octanol–water partition coefficient (Wildman–Crippen LogP) is 2.23. The summed E-state index contributed by atoms with van der Waals surface area (Å²) in [6.45, 7) is 1.74. The van der Waals surface area contributed by atoms with Gasteiger partial charge in [-0.05, 0) is 12.0 Å². The van der Waals surface area contributed by atoms with Gasteiger partial charge in [-0.15, -0.1) is 0 Å². The Labute approximate surface area is 87.5 Å². The summed E-state index contributed by atoms with van der Waals surface area (Å²) < 4.78 is 17.9. The second-order valence-electron chi connectivity index (χ2n) is 3.35. The number of halogens is 1. The summed E-state index contributed by atoms with van der Waals surface area (Å²) in [5, 5.41) is 9.70. The third kappa shape index (κ3) is 2.46. The highest BCUT2D eigenvalue weighted by Crippen LogP contribution is 2.36. The molecule has 0 saturated carbocycles. The van der Waals surface area contributed by atoms with E-state index >= 15 is 0 Å². The minimum Gasteiger partial charge on any atom is -0.504 e. The van der Waals surface area contributed by atoms with Crippen LogP contribution in [-0.4, -0.2) is 18.5 Å². The van der Waals surface area contributed by atoms with Crippen LogP contribution in [0.15, 0.2) is 12.1 Å². The van der Waals surface area contributed by atoms with Gasteiger partial charge in [0, 0.05) is 18.1 Å². The van der Waals surface area contributed by atoms with Crippen LogP contribution in [0.5, 0.6) is 11.5 Å². The van der Waals surface area contributed by atoms with Crippen molar-refractivity contribution in [3.8, 4) is 11.5 Å². The molecule has 82 valence electrons. The van der Waals surface area contributed by atoms with E-state index in [0.717, 1.165) is 12.4 Å². The number of phenolic OH excluding ortho intramolecular Hbond substituents is 1. The highest BCUT2D eigenvalue weighted by atomic mass is 19.1. The molecule has 1 N–H and O–H groups in total. The predicted molar refractivity (Wildman–Crippen MR) is 53.7 cm³/mol. The maximum Gasteiger partial charge on any atom is 0.163 e. The van der Waals surface area contributed by atoms with E-state index in [0.29, 0.717) is 5.56 Å². The number of hydrogen-bond donors (Lipinski definition) is 1. The number of benzene rings is 1. The second-order valence-corrected chi connectivity index (χ2v) is 3.35. The van der Waals surface area contributed by atoms with Gasteiger partial charge >= 0.3 is 0 Å². The molecule has 1 atom stereocenters. The molecule has 0 aliphatic heterocycles. The van der Waals surface area contributed by atoms with E-state index in [4.69, 9.17) is 4.74 Å². The molecular weight excluding hydrogens is 199 g/mol. The molecule has 1 rings (SSSR count). The lowest BCUT2D eigenvalue weighted by molar-refractivity contribution is -0.108. The van der Waals surface area contributed by atoms with Crippen LogP contribution in [0.2, 0.25) is 0 Å². The third-order valence-electron chi connectivity index (χ3n) is 2.27. The number of aromatic hydroxyl groups is 1. The zero-order chi connectivity index (χ0) is 11.4. The van der Waals surface area contributed by atoms with E-state index in [9.17, 15) is 14.3 Å². The first-order chi connectivity index (χ1) is 7.10. The summed E-state index contributed by atoms with van der Waals surface area (Å²) in [6, 6.07) is 2.32. The molecule has 0 heterocycles. The van der Waals surface area contributed by atoms with Crippen molar-refractivity contribution in [3.63, 3.8) is 0 Å². The lowest BCUT2D eigenvalue weighted by Crippen LogP contribution is -1.98. The largest absolute Gasteiger partial charge is 0.504 e. The second kappa shape index (κ2) is 4.77. The van der Waals surface area contributed by atoms with Gasteiger partial charge in [0.25, 0.3) is 0 Å². The summed E-state index contributed by atoms with van der Waals surface area (Å²) in [6.07, 6.45) is 0.974. The number of aldehydes is 1. The van der Waals surface area contributed by atoms with E-state index in [1.807, 2.05) is 0 Å². The molecule has 0 aliphatic rings. The fourth-order valence-corrected chi connectivity index (χ4v) is 1.40. The van der Waals surface area contributed by atoms with Crippen LogP contribution < -0.4 is 4.74 Å². The molecule has 0 fully saturated rings. The van der Waals surface area contributed by atoms with Gasteiger partial charge in [-0.25, -0.2) is 4.39 Å². The monoisotopic (exact) mass is 212 g/mol. The van der Waals surface area contributed by atoms with Crippen LogP contribution in [0.4, 0.5) is 4.39 Å². The standard InChI is InChI=1S/C11H13FO3/c1-7(3-4-13)9-5-8(12)6-10(15-2)11(9)14/h4-7,14H,3H2,1-2H3. The summed E-state index contributed by atoms with van der Waals surface area (Å²) in [7, 11) is 1.35. The normalized spacial score (nSPS) is 12.2. The number of ether oxygens (including phenoxy) is 1. The van der Waals surface area contributed by atoms with E-state index in [2.05, 4.69) is 0 Å². The summed E-state index contributed by atoms with van der Waals surface area (Å²) in [5.74, 6) is -0.736. The van der Waals surface area contributed by atoms with Crippen molar-refractivity contribution in [2.24, 2.45) is 0 Å². The van der Waals surface area contributed by atoms with E-state index in [1.165, 1.54) is 13.2 Å². The van der Waals surface area contributed by atoms with Crippen LogP contribution in [-0.2, 0) is 4.79 Å². The SMILES string of the molecule is COc1cc(F)cc(C(C)CC=O)c1O. The molecule has 0 aromatic heterocycles. The van der Waals surface area contributed by atoms with Crippen LogP contribution in [0.25, 0.3) is 0 Å². The first-order valence-corrected chi connectivity index (χ1v) is 4.60. The average Bonchev–Trinajstić information content (AvgIpc) is 2.21. The molecule has 1 unspecified atom stereocenters. The van der Waals surface area contributed by atoms with Crippen molar-refractivity contribution < 1.29 is 19.0 Å². The molecule has 0 saturated heterocycles. The molecule has 1 aromatic carbocycles. The van der Waals surface area contributed by atoms with Gasteiger partial charge in [-0.3, -0.25) is 0 Å². The van der Waals surface area contributed by atoms with Crippen molar-refractivity contribution in [2.75, 3.05) is 7.11 Å². The minimum atomic E-state index is -0.489. The Morgan fingerprint density at radius 3 is 2.80 bits per heavy atom. The van der Waals surface area contributed by atoms with Crippen LogP contribution in [0.3, 0.4) is 0 Å². The van der Waals surface area contributed by atoms with Crippen molar-refractivity contribution in [3.05, 3.63) is 23.5 Å². The Balaban J connectivity index is 3.16. The van der Waals surface area contributed by atoms with Crippen molar-refractivity contribution in [2.45, 2.75) is 19.3 Å². The maximum atomic E-state index is 13.1. The number of carbonyl (C=O) groups is 1. The van der Waals surface area contributed by atoms with E-state index in [1.54, 1.807) is 6.92 Å². The smallest absolute Gasteiger partial charge is 0.163 e. The van der Waals surface area contributed by atoms with Crippen LogP contribution >= 0.6 is 0 Å². The molecule has 0 aliphatic carbocycles.